The number of carbonyl (C=O) groups is 2. The number of halogens is 4. The summed E-state index contributed by atoms with van der Waals surface area (Å²) in [5.41, 5.74) is -1.33. The van der Waals surface area contributed by atoms with Gasteiger partial charge in [0.15, 0.2) is 0 Å². The molecule has 1 aliphatic carbocycles. The number of hydrogen-bond donors (Lipinski definition) is 2. The fourth-order valence-corrected chi connectivity index (χ4v) is 3.47. The predicted molar refractivity (Wildman–Crippen MR) is 119 cm³/mol. The smallest absolute Gasteiger partial charge is 0.420 e. The molecule has 1 saturated carbocycles. The predicted octanol–water partition coefficient (Wildman–Crippen LogP) is 4.48. The number of aromatic nitrogens is 3. The summed E-state index contributed by atoms with van der Waals surface area (Å²) < 4.78 is 45.2. The van der Waals surface area contributed by atoms with Gasteiger partial charge in [-0.25, -0.2) is 9.97 Å². The minimum atomic E-state index is -4.64. The van der Waals surface area contributed by atoms with Crippen LogP contribution in [0.5, 0.6) is 11.5 Å². The summed E-state index contributed by atoms with van der Waals surface area (Å²) in [6, 6.07) is 5.66. The second-order valence-corrected chi connectivity index (χ2v) is 8.45. The van der Waals surface area contributed by atoms with Gasteiger partial charge in [0.05, 0.1) is 29.1 Å². The molecule has 0 aliphatic heterocycles. The topological polar surface area (TPSA) is 106 Å². The highest BCUT2D eigenvalue weighted by molar-refractivity contribution is 6.30. The van der Waals surface area contributed by atoms with Gasteiger partial charge in [-0.3, -0.25) is 14.6 Å². The molecule has 2 N–H and O–H groups in total. The van der Waals surface area contributed by atoms with Gasteiger partial charge < -0.3 is 15.4 Å². The molecule has 2 heterocycles. The summed E-state index contributed by atoms with van der Waals surface area (Å²) in [5, 5.41) is 5.47. The van der Waals surface area contributed by atoms with Crippen LogP contribution in [0, 0.1) is 0 Å². The number of alkyl halides is 3. The van der Waals surface area contributed by atoms with E-state index in [1.54, 1.807) is 6.92 Å². The Morgan fingerprint density at radius 2 is 1.83 bits per heavy atom. The molecule has 0 bridgehead atoms. The first kappa shape index (κ1) is 24.4. The molecule has 1 atom stereocenters. The molecular weight excluding hydrogens is 487 g/mol. The third-order valence-electron chi connectivity index (χ3n) is 5.39. The number of pyridine rings is 1. The van der Waals surface area contributed by atoms with Crippen molar-refractivity contribution in [1.82, 2.24) is 25.6 Å². The van der Waals surface area contributed by atoms with Crippen molar-refractivity contribution in [1.29, 1.82) is 0 Å². The largest absolute Gasteiger partial charge is 0.455 e. The van der Waals surface area contributed by atoms with E-state index in [-0.39, 0.29) is 22.2 Å². The average Bonchev–Trinajstić information content (AvgIpc) is 3.61. The van der Waals surface area contributed by atoms with Crippen molar-refractivity contribution in [3.63, 3.8) is 0 Å². The zero-order valence-corrected chi connectivity index (χ0v) is 19.0. The number of ether oxygens (including phenoxy) is 1. The highest BCUT2D eigenvalue weighted by atomic mass is 35.5. The van der Waals surface area contributed by atoms with Crippen LogP contribution in [-0.4, -0.2) is 32.3 Å². The van der Waals surface area contributed by atoms with Gasteiger partial charge in [0.2, 0.25) is 5.91 Å². The fraction of sp³-hybridized carbons (Fsp3) is 0.261. The molecule has 35 heavy (non-hydrogen) atoms. The maximum Gasteiger partial charge on any atom is 0.420 e. The van der Waals surface area contributed by atoms with Crippen molar-refractivity contribution in [3.05, 3.63) is 77.1 Å². The fourth-order valence-electron chi connectivity index (χ4n) is 3.30. The number of amides is 2. The Morgan fingerprint density at radius 3 is 2.43 bits per heavy atom. The molecule has 1 fully saturated rings. The number of nitrogens with zero attached hydrogens (tertiary/aromatic N) is 3. The normalized spacial score (nSPS) is 15.1. The van der Waals surface area contributed by atoms with Crippen LogP contribution in [0.25, 0.3) is 0 Å². The summed E-state index contributed by atoms with van der Waals surface area (Å²) in [4.78, 5) is 37.0. The lowest BCUT2D eigenvalue weighted by Crippen LogP contribution is -2.49. The second kappa shape index (κ2) is 9.49. The molecule has 4 rings (SSSR count). The standard InChI is InChI=1S/C23H19ClF3N5O3/c1-13(31-21(34)22(6-7-22)32-20(33)14-9-28-12-29-10-14)18-4-3-16(11-30-18)35-19-5-2-15(24)8-17(19)23(25,26)27/h2-5,8-13H,6-7H2,1H3,(H,31,34)(H,32,33). The van der Waals surface area contributed by atoms with E-state index in [1.165, 1.54) is 43.1 Å². The molecule has 1 unspecified atom stereocenters. The van der Waals surface area contributed by atoms with Crippen LogP contribution in [-0.2, 0) is 11.0 Å². The number of hydrogen-bond acceptors (Lipinski definition) is 6. The number of nitrogens with one attached hydrogen (secondary N) is 2. The minimum absolute atomic E-state index is 0.0653. The van der Waals surface area contributed by atoms with E-state index in [4.69, 9.17) is 16.3 Å². The van der Waals surface area contributed by atoms with Gasteiger partial charge in [-0.2, -0.15) is 13.2 Å². The summed E-state index contributed by atoms with van der Waals surface area (Å²) in [5.74, 6) is -1.15. The maximum atomic E-state index is 13.3. The van der Waals surface area contributed by atoms with Crippen LogP contribution in [0.3, 0.4) is 0 Å². The van der Waals surface area contributed by atoms with Crippen LogP contribution >= 0.6 is 11.6 Å². The van der Waals surface area contributed by atoms with E-state index in [0.29, 0.717) is 18.5 Å². The summed E-state index contributed by atoms with van der Waals surface area (Å²) in [6.45, 7) is 1.70. The van der Waals surface area contributed by atoms with Gasteiger partial charge in [0.25, 0.3) is 5.91 Å². The van der Waals surface area contributed by atoms with Gasteiger partial charge in [-0.15, -0.1) is 0 Å². The van der Waals surface area contributed by atoms with Crippen LogP contribution in [0.2, 0.25) is 5.02 Å². The molecule has 182 valence electrons. The van der Waals surface area contributed by atoms with Gasteiger partial charge >= 0.3 is 6.18 Å². The average molecular weight is 506 g/mol. The van der Waals surface area contributed by atoms with E-state index in [2.05, 4.69) is 25.6 Å². The quantitative estimate of drug-likeness (QED) is 0.490. The Labute approximate surface area is 202 Å². The second-order valence-electron chi connectivity index (χ2n) is 8.02. The van der Waals surface area contributed by atoms with Crippen molar-refractivity contribution in [3.8, 4) is 11.5 Å². The van der Waals surface area contributed by atoms with Crippen molar-refractivity contribution < 1.29 is 27.5 Å². The highest BCUT2D eigenvalue weighted by Crippen LogP contribution is 2.40. The Kier molecular flexibility index (Phi) is 6.62. The third-order valence-corrected chi connectivity index (χ3v) is 5.62. The Morgan fingerprint density at radius 1 is 1.11 bits per heavy atom. The lowest BCUT2D eigenvalue weighted by atomic mass is 10.1. The molecular formula is C23H19ClF3N5O3. The van der Waals surface area contributed by atoms with Crippen molar-refractivity contribution in [2.45, 2.75) is 37.5 Å². The molecule has 2 aromatic heterocycles. The van der Waals surface area contributed by atoms with Gasteiger partial charge in [-0.1, -0.05) is 11.6 Å². The zero-order chi connectivity index (χ0) is 25.2. The Balaban J connectivity index is 1.39. The number of benzene rings is 1. The van der Waals surface area contributed by atoms with E-state index >= 15 is 0 Å². The zero-order valence-electron chi connectivity index (χ0n) is 18.3. The summed E-state index contributed by atoms with van der Waals surface area (Å²) in [6.07, 6.45) is 1.58. The molecule has 0 radical (unpaired) electrons. The molecule has 8 nitrogen and oxygen atoms in total. The molecule has 0 saturated heterocycles. The maximum absolute atomic E-state index is 13.3. The van der Waals surface area contributed by atoms with Crippen LogP contribution in [0.15, 0.2) is 55.2 Å². The van der Waals surface area contributed by atoms with Gasteiger partial charge in [0, 0.05) is 17.4 Å². The Bertz CT molecular complexity index is 1240. The molecule has 0 spiro atoms. The molecule has 12 heteroatoms. The van der Waals surface area contributed by atoms with Gasteiger partial charge in [0.1, 0.15) is 23.4 Å². The first-order chi connectivity index (χ1) is 16.6. The highest BCUT2D eigenvalue weighted by Gasteiger charge is 2.51. The lowest BCUT2D eigenvalue weighted by molar-refractivity contribution is -0.138. The van der Waals surface area contributed by atoms with Crippen molar-refractivity contribution >= 4 is 23.4 Å². The van der Waals surface area contributed by atoms with E-state index in [1.807, 2.05) is 0 Å². The van der Waals surface area contributed by atoms with Crippen molar-refractivity contribution in [2.75, 3.05) is 0 Å². The SMILES string of the molecule is CC(NC(=O)C1(NC(=O)c2cncnc2)CC1)c1ccc(Oc2ccc(Cl)cc2C(F)(F)F)cn1. The number of carbonyl (C=O) groups excluding carboxylic acids is 2. The van der Waals surface area contributed by atoms with Crippen molar-refractivity contribution in [2.24, 2.45) is 0 Å². The lowest BCUT2D eigenvalue weighted by Gasteiger charge is -2.21. The van der Waals surface area contributed by atoms with Crippen LogP contribution in [0.1, 0.15) is 47.4 Å². The molecule has 3 aromatic rings. The Hall–Kier alpha value is -3.73. The van der Waals surface area contributed by atoms with Gasteiger partial charge in [-0.05, 0) is 50.1 Å². The van der Waals surface area contributed by atoms with Crippen LogP contribution in [0.4, 0.5) is 13.2 Å². The molecule has 1 aromatic carbocycles. The summed E-state index contributed by atoms with van der Waals surface area (Å²) >= 11 is 5.69. The molecule has 2 amide bonds. The number of rotatable bonds is 7. The van der Waals surface area contributed by atoms with E-state index < -0.39 is 35.0 Å². The summed E-state index contributed by atoms with van der Waals surface area (Å²) in [7, 11) is 0. The monoisotopic (exact) mass is 505 g/mol. The molecule has 1 aliphatic rings. The first-order valence-corrected chi connectivity index (χ1v) is 10.8. The third kappa shape index (κ3) is 5.68. The minimum Gasteiger partial charge on any atom is -0.455 e. The van der Waals surface area contributed by atoms with E-state index in [0.717, 1.165) is 12.1 Å². The first-order valence-electron chi connectivity index (χ1n) is 10.5. The van der Waals surface area contributed by atoms with E-state index in [9.17, 15) is 22.8 Å². The van der Waals surface area contributed by atoms with Crippen LogP contribution < -0.4 is 15.4 Å².